The molecule has 0 saturated heterocycles. The van der Waals surface area contributed by atoms with Crippen LogP contribution in [0.1, 0.15) is 25.8 Å². The van der Waals surface area contributed by atoms with E-state index in [9.17, 15) is 9.59 Å². The van der Waals surface area contributed by atoms with Crippen LogP contribution in [-0.4, -0.2) is 11.6 Å². The Kier molecular flexibility index (Phi) is 2.68. The lowest BCUT2D eigenvalue weighted by atomic mass is 10.1. The van der Waals surface area contributed by atoms with Gasteiger partial charge < -0.3 is 0 Å². The number of thiophene rings is 2. The van der Waals surface area contributed by atoms with Crippen molar-refractivity contribution in [2.45, 2.75) is 6.42 Å². The Bertz CT molecular complexity index is 490. The molecule has 2 aromatic rings. The standard InChI is InChI=1S/C13H10O2S2/c14-12(10-3-1-5-16-10)8-7-9(8)13(15)11-4-2-6-17-11/h1-6,8-9H,7H2/t8-,9-/m0/s1. The van der Waals surface area contributed by atoms with Gasteiger partial charge in [0, 0.05) is 11.8 Å². The molecule has 1 aliphatic carbocycles. The van der Waals surface area contributed by atoms with Gasteiger partial charge in [-0.15, -0.1) is 22.7 Å². The average Bonchev–Trinajstić information content (AvgIpc) is 2.80. The van der Waals surface area contributed by atoms with Crippen molar-refractivity contribution in [3.8, 4) is 0 Å². The zero-order valence-corrected chi connectivity index (χ0v) is 10.6. The van der Waals surface area contributed by atoms with Crippen LogP contribution >= 0.6 is 22.7 Å². The predicted molar refractivity (Wildman–Crippen MR) is 68.9 cm³/mol. The van der Waals surface area contributed by atoms with Crippen molar-refractivity contribution in [2.75, 3.05) is 0 Å². The van der Waals surface area contributed by atoms with Gasteiger partial charge in [-0.1, -0.05) is 12.1 Å². The minimum atomic E-state index is -0.0803. The van der Waals surface area contributed by atoms with Gasteiger partial charge in [-0.05, 0) is 29.3 Å². The summed E-state index contributed by atoms with van der Waals surface area (Å²) in [6, 6.07) is 7.41. The monoisotopic (exact) mass is 262 g/mol. The van der Waals surface area contributed by atoms with E-state index >= 15 is 0 Å². The number of hydrogen-bond acceptors (Lipinski definition) is 4. The van der Waals surface area contributed by atoms with Gasteiger partial charge in [0.2, 0.25) is 0 Å². The van der Waals surface area contributed by atoms with Crippen LogP contribution in [0.5, 0.6) is 0 Å². The summed E-state index contributed by atoms with van der Waals surface area (Å²) in [5, 5.41) is 3.79. The molecule has 2 atom stereocenters. The smallest absolute Gasteiger partial charge is 0.176 e. The number of Topliss-reactive ketones (excluding diaryl/α,β-unsaturated/α-hetero) is 2. The van der Waals surface area contributed by atoms with Crippen molar-refractivity contribution in [3.63, 3.8) is 0 Å². The molecule has 17 heavy (non-hydrogen) atoms. The second-order valence-corrected chi connectivity index (χ2v) is 6.03. The highest BCUT2D eigenvalue weighted by Gasteiger charge is 2.48. The molecular weight excluding hydrogens is 252 g/mol. The molecule has 0 amide bonds. The lowest BCUT2D eigenvalue weighted by Crippen LogP contribution is -2.07. The first kappa shape index (κ1) is 10.9. The second-order valence-electron chi connectivity index (χ2n) is 4.13. The summed E-state index contributed by atoms with van der Waals surface area (Å²) in [5.74, 6) is 0.108. The molecule has 1 aliphatic rings. The molecule has 2 heterocycles. The van der Waals surface area contributed by atoms with Crippen molar-refractivity contribution in [2.24, 2.45) is 11.8 Å². The molecule has 0 spiro atoms. The first-order valence-corrected chi connectivity index (χ1v) is 7.19. The predicted octanol–water partition coefficient (Wildman–Crippen LogP) is 3.51. The molecule has 2 aromatic heterocycles. The zero-order valence-electron chi connectivity index (χ0n) is 8.96. The van der Waals surface area contributed by atoms with Crippen LogP contribution in [0.4, 0.5) is 0 Å². The molecule has 0 aliphatic heterocycles. The fourth-order valence-corrected chi connectivity index (χ4v) is 3.43. The summed E-state index contributed by atoms with van der Waals surface area (Å²) in [6.07, 6.45) is 0.716. The lowest BCUT2D eigenvalue weighted by molar-refractivity contribution is 0.0910. The van der Waals surface area contributed by atoms with E-state index in [0.717, 1.165) is 9.75 Å². The van der Waals surface area contributed by atoms with Gasteiger partial charge in [0.05, 0.1) is 9.75 Å². The van der Waals surface area contributed by atoms with E-state index < -0.39 is 0 Å². The number of carbonyl (C=O) groups excluding carboxylic acids is 2. The fourth-order valence-electron chi connectivity index (χ4n) is 1.98. The van der Waals surface area contributed by atoms with E-state index in [0.29, 0.717) is 6.42 Å². The van der Waals surface area contributed by atoms with Gasteiger partial charge in [-0.2, -0.15) is 0 Å². The second kappa shape index (κ2) is 4.20. The molecule has 0 radical (unpaired) electrons. The normalized spacial score (nSPS) is 22.4. The average molecular weight is 262 g/mol. The third kappa shape index (κ3) is 1.98. The van der Waals surface area contributed by atoms with E-state index in [2.05, 4.69) is 0 Å². The van der Waals surface area contributed by atoms with Crippen molar-refractivity contribution in [3.05, 3.63) is 44.8 Å². The largest absolute Gasteiger partial charge is 0.293 e. The molecular formula is C13H10O2S2. The molecule has 0 bridgehead atoms. The Morgan fingerprint density at radius 1 is 0.941 bits per heavy atom. The van der Waals surface area contributed by atoms with Gasteiger partial charge in [-0.25, -0.2) is 0 Å². The maximum atomic E-state index is 12.0. The van der Waals surface area contributed by atoms with E-state index in [4.69, 9.17) is 0 Å². The molecule has 3 rings (SSSR count). The highest BCUT2D eigenvalue weighted by molar-refractivity contribution is 7.12. The van der Waals surface area contributed by atoms with Crippen LogP contribution in [0, 0.1) is 11.8 Å². The van der Waals surface area contributed by atoms with Crippen LogP contribution in [-0.2, 0) is 0 Å². The van der Waals surface area contributed by atoms with Crippen LogP contribution in [0.25, 0.3) is 0 Å². The Morgan fingerprint density at radius 2 is 1.41 bits per heavy atom. The summed E-state index contributed by atoms with van der Waals surface area (Å²) >= 11 is 2.90. The van der Waals surface area contributed by atoms with Gasteiger partial charge in [0.1, 0.15) is 0 Å². The zero-order chi connectivity index (χ0) is 11.8. The Hall–Kier alpha value is -1.26. The molecule has 2 nitrogen and oxygen atoms in total. The topological polar surface area (TPSA) is 34.1 Å². The lowest BCUT2D eigenvalue weighted by Gasteiger charge is -1.96. The summed E-state index contributed by atoms with van der Waals surface area (Å²) in [5.41, 5.74) is 0. The van der Waals surface area contributed by atoms with Gasteiger partial charge in [-0.3, -0.25) is 9.59 Å². The Labute approximate surface area is 107 Å². The minimum Gasteiger partial charge on any atom is -0.293 e. The molecule has 0 N–H and O–H groups in total. The van der Waals surface area contributed by atoms with Crippen LogP contribution in [0.2, 0.25) is 0 Å². The Balaban J connectivity index is 1.71. The number of carbonyl (C=O) groups is 2. The highest BCUT2D eigenvalue weighted by Crippen LogP contribution is 2.44. The van der Waals surface area contributed by atoms with Crippen molar-refractivity contribution < 1.29 is 9.59 Å². The summed E-state index contributed by atoms with van der Waals surface area (Å²) < 4.78 is 0. The maximum Gasteiger partial charge on any atom is 0.176 e. The van der Waals surface area contributed by atoms with Crippen LogP contribution in [0.3, 0.4) is 0 Å². The van der Waals surface area contributed by atoms with E-state index in [1.54, 1.807) is 0 Å². The number of hydrogen-bond donors (Lipinski definition) is 0. The van der Waals surface area contributed by atoms with Crippen LogP contribution < -0.4 is 0 Å². The molecule has 1 fully saturated rings. The molecule has 0 aromatic carbocycles. The third-order valence-corrected chi connectivity index (χ3v) is 4.76. The molecule has 86 valence electrons. The molecule has 0 unspecified atom stereocenters. The summed E-state index contributed by atoms with van der Waals surface area (Å²) in [6.45, 7) is 0. The summed E-state index contributed by atoms with van der Waals surface area (Å²) in [4.78, 5) is 25.6. The molecule has 1 saturated carbocycles. The van der Waals surface area contributed by atoms with Crippen molar-refractivity contribution in [1.82, 2.24) is 0 Å². The first-order chi connectivity index (χ1) is 8.27. The molecule has 4 heteroatoms. The summed E-state index contributed by atoms with van der Waals surface area (Å²) in [7, 11) is 0. The fraction of sp³-hybridized carbons (Fsp3) is 0.231. The Morgan fingerprint density at radius 3 is 1.76 bits per heavy atom. The van der Waals surface area contributed by atoms with Crippen molar-refractivity contribution >= 4 is 34.2 Å². The van der Waals surface area contributed by atoms with Gasteiger partial charge in [0.15, 0.2) is 11.6 Å². The number of ketones is 2. The quantitative estimate of drug-likeness (QED) is 0.790. The maximum absolute atomic E-state index is 12.0. The third-order valence-electron chi connectivity index (χ3n) is 2.99. The van der Waals surface area contributed by atoms with Crippen LogP contribution in [0.15, 0.2) is 35.0 Å². The first-order valence-electron chi connectivity index (χ1n) is 5.43. The van der Waals surface area contributed by atoms with E-state index in [1.807, 2.05) is 35.0 Å². The highest BCUT2D eigenvalue weighted by atomic mass is 32.1. The minimum absolute atomic E-state index is 0.0803. The van der Waals surface area contributed by atoms with E-state index in [1.165, 1.54) is 22.7 Å². The van der Waals surface area contributed by atoms with Crippen molar-refractivity contribution in [1.29, 1.82) is 0 Å². The number of rotatable bonds is 4. The van der Waals surface area contributed by atoms with Gasteiger partial charge >= 0.3 is 0 Å². The van der Waals surface area contributed by atoms with Gasteiger partial charge in [0.25, 0.3) is 0 Å². The van der Waals surface area contributed by atoms with E-state index in [-0.39, 0.29) is 23.4 Å². The SMILES string of the molecule is O=C(c1cccs1)[C@H]1C[C@@H]1C(=O)c1cccs1.